The zero-order valence-electron chi connectivity index (χ0n) is 16.5. The van der Waals surface area contributed by atoms with Crippen LogP contribution in [0.15, 0.2) is 52.5 Å². The molecule has 0 radical (unpaired) electrons. The number of hydrogen-bond donors (Lipinski definition) is 1. The summed E-state index contributed by atoms with van der Waals surface area (Å²) in [5.41, 5.74) is 0.534. The van der Waals surface area contributed by atoms with Gasteiger partial charge < -0.3 is 14.2 Å². The molecule has 4 amide bonds. The number of imide groups is 2. The summed E-state index contributed by atoms with van der Waals surface area (Å²) in [6, 6.07) is 10.3. The lowest BCUT2D eigenvalue weighted by molar-refractivity contribution is -0.143. The van der Waals surface area contributed by atoms with E-state index in [0.717, 1.165) is 9.37 Å². The Labute approximate surface area is 185 Å². The molecule has 31 heavy (non-hydrogen) atoms. The Kier molecular flexibility index (Phi) is 6.71. The lowest BCUT2D eigenvalue weighted by Crippen LogP contribution is -2.54. The van der Waals surface area contributed by atoms with Gasteiger partial charge in [0.15, 0.2) is 18.1 Å². The summed E-state index contributed by atoms with van der Waals surface area (Å²) in [6.07, 6.45) is 1.34. The number of hydrogen-bond acceptors (Lipinski definition) is 7. The first-order valence-electron chi connectivity index (χ1n) is 8.88. The molecule has 1 N–H and O–H groups in total. The Bertz CT molecular complexity index is 1080. The number of methoxy groups -OCH3 is 2. The van der Waals surface area contributed by atoms with Crippen molar-refractivity contribution in [2.24, 2.45) is 0 Å². The van der Waals surface area contributed by atoms with Gasteiger partial charge in [0.25, 0.3) is 11.8 Å². The third-order valence-electron chi connectivity index (χ3n) is 4.26. The van der Waals surface area contributed by atoms with Gasteiger partial charge in [-0.05, 0) is 48.0 Å². The molecule has 2 aromatic carbocycles. The largest absolute Gasteiger partial charge is 0.493 e. The predicted octanol–water partition coefficient (Wildman–Crippen LogP) is 2.68. The maximum atomic E-state index is 12.9. The number of ether oxygens (including phenoxy) is 3. The highest BCUT2D eigenvalue weighted by Gasteiger charge is 2.36. The van der Waals surface area contributed by atoms with Crippen LogP contribution in [0.1, 0.15) is 5.56 Å². The number of anilines is 1. The number of halogens is 1. The van der Waals surface area contributed by atoms with Gasteiger partial charge >= 0.3 is 12.0 Å². The summed E-state index contributed by atoms with van der Waals surface area (Å²) in [6.45, 7) is -0.307. The predicted molar refractivity (Wildman–Crippen MR) is 114 cm³/mol. The molecule has 0 spiro atoms. The smallest absolute Gasteiger partial charge is 0.343 e. The van der Waals surface area contributed by atoms with Gasteiger partial charge in [-0.1, -0.05) is 22.0 Å². The van der Waals surface area contributed by atoms with Crippen LogP contribution in [0, 0.1) is 0 Å². The van der Waals surface area contributed by atoms with Crippen molar-refractivity contribution >= 4 is 51.5 Å². The average Bonchev–Trinajstić information content (AvgIpc) is 2.76. The van der Waals surface area contributed by atoms with Crippen LogP contribution in [-0.2, 0) is 19.1 Å². The van der Waals surface area contributed by atoms with Gasteiger partial charge in [-0.15, -0.1) is 0 Å². The zero-order chi connectivity index (χ0) is 22.5. The highest BCUT2D eigenvalue weighted by atomic mass is 79.9. The van der Waals surface area contributed by atoms with E-state index in [1.54, 1.807) is 30.3 Å². The van der Waals surface area contributed by atoms with E-state index in [-0.39, 0.29) is 23.7 Å². The van der Waals surface area contributed by atoms with Crippen LogP contribution in [0.25, 0.3) is 6.08 Å². The summed E-state index contributed by atoms with van der Waals surface area (Å²) in [5.74, 6) is -1.58. The summed E-state index contributed by atoms with van der Waals surface area (Å²) >= 11 is 3.29. The lowest BCUT2D eigenvalue weighted by atomic mass is 10.1. The highest BCUT2D eigenvalue weighted by Crippen LogP contribution is 2.30. The van der Waals surface area contributed by atoms with E-state index >= 15 is 0 Å². The van der Waals surface area contributed by atoms with Crippen LogP contribution in [0.5, 0.6) is 11.5 Å². The summed E-state index contributed by atoms with van der Waals surface area (Å²) in [5, 5.41) is 2.16. The minimum atomic E-state index is -0.835. The number of esters is 1. The molecule has 0 bridgehead atoms. The van der Waals surface area contributed by atoms with Gasteiger partial charge in [-0.2, -0.15) is 0 Å². The first kappa shape index (κ1) is 22.0. The second-order valence-electron chi connectivity index (χ2n) is 6.21. The topological polar surface area (TPSA) is 111 Å². The van der Waals surface area contributed by atoms with E-state index in [1.807, 2.05) is 0 Å². The number of amides is 4. The average molecular weight is 489 g/mol. The lowest BCUT2D eigenvalue weighted by Gasteiger charge is -2.26. The number of urea groups is 1. The molecule has 0 unspecified atom stereocenters. The Morgan fingerprint density at radius 1 is 1.06 bits per heavy atom. The first-order chi connectivity index (χ1) is 14.8. The molecule has 1 aliphatic heterocycles. The van der Waals surface area contributed by atoms with Gasteiger partial charge in [0.2, 0.25) is 0 Å². The first-order valence-corrected chi connectivity index (χ1v) is 9.68. The van der Waals surface area contributed by atoms with Crippen LogP contribution in [0.4, 0.5) is 10.5 Å². The molecule has 1 fully saturated rings. The molecule has 0 aliphatic carbocycles. The van der Waals surface area contributed by atoms with Gasteiger partial charge in [-0.25, -0.2) is 14.5 Å². The standard InChI is InChI=1S/C21H17BrN2O7/c1-29-17-10-12(3-8-16(17)31-11-18(25)30-2)9-15-19(26)23-21(28)24(20(15)27)14-6-4-13(22)5-7-14/h3-10H,11H2,1-2H3,(H,23,26,28). The SMILES string of the molecule is COC(=O)COc1ccc(C=C2C(=O)NC(=O)N(c3ccc(Br)cc3)C2=O)cc1OC. The fourth-order valence-electron chi connectivity index (χ4n) is 2.74. The molecule has 0 atom stereocenters. The van der Waals surface area contributed by atoms with Gasteiger partial charge in [-0.3, -0.25) is 14.9 Å². The van der Waals surface area contributed by atoms with Crippen molar-refractivity contribution in [3.05, 3.63) is 58.1 Å². The summed E-state index contributed by atoms with van der Waals surface area (Å²) in [4.78, 5) is 49.6. The zero-order valence-corrected chi connectivity index (χ0v) is 18.1. The molecule has 160 valence electrons. The molecule has 9 nitrogen and oxygen atoms in total. The molecule has 0 aromatic heterocycles. The van der Waals surface area contributed by atoms with Gasteiger partial charge in [0, 0.05) is 4.47 Å². The Hall–Kier alpha value is -3.66. The monoisotopic (exact) mass is 488 g/mol. The molecule has 1 aliphatic rings. The second kappa shape index (κ2) is 9.43. The molecule has 10 heteroatoms. The van der Waals surface area contributed by atoms with E-state index < -0.39 is 23.8 Å². The van der Waals surface area contributed by atoms with Crippen molar-refractivity contribution in [3.8, 4) is 11.5 Å². The van der Waals surface area contributed by atoms with Crippen molar-refractivity contribution in [1.82, 2.24) is 5.32 Å². The normalized spacial score (nSPS) is 15.0. The molecule has 3 rings (SSSR count). The summed E-state index contributed by atoms with van der Waals surface area (Å²) < 4.78 is 15.9. The fourth-order valence-corrected chi connectivity index (χ4v) is 3.00. The van der Waals surface area contributed by atoms with E-state index in [2.05, 4.69) is 26.0 Å². The number of nitrogens with one attached hydrogen (secondary N) is 1. The maximum absolute atomic E-state index is 12.9. The molecular weight excluding hydrogens is 472 g/mol. The van der Waals surface area contributed by atoms with Crippen molar-refractivity contribution in [2.75, 3.05) is 25.7 Å². The van der Waals surface area contributed by atoms with Crippen LogP contribution in [-0.4, -0.2) is 44.6 Å². The van der Waals surface area contributed by atoms with Crippen molar-refractivity contribution in [1.29, 1.82) is 0 Å². The highest BCUT2D eigenvalue weighted by molar-refractivity contribution is 9.10. The van der Waals surface area contributed by atoms with E-state index in [1.165, 1.54) is 32.4 Å². The minimum Gasteiger partial charge on any atom is -0.493 e. The third-order valence-corrected chi connectivity index (χ3v) is 4.79. The minimum absolute atomic E-state index is 0.229. The molecule has 1 saturated heterocycles. The summed E-state index contributed by atoms with van der Waals surface area (Å²) in [7, 11) is 2.65. The van der Waals surface area contributed by atoms with Crippen molar-refractivity contribution in [3.63, 3.8) is 0 Å². The molecule has 2 aromatic rings. The van der Waals surface area contributed by atoms with Crippen molar-refractivity contribution < 1.29 is 33.4 Å². The number of rotatable bonds is 6. The number of carbonyl (C=O) groups excluding carboxylic acids is 4. The molecule has 0 saturated carbocycles. The van der Waals surface area contributed by atoms with Crippen LogP contribution < -0.4 is 19.7 Å². The number of benzene rings is 2. The number of carbonyl (C=O) groups is 4. The maximum Gasteiger partial charge on any atom is 0.343 e. The van der Waals surface area contributed by atoms with E-state index in [4.69, 9.17) is 9.47 Å². The molecule has 1 heterocycles. The Morgan fingerprint density at radius 3 is 2.42 bits per heavy atom. The second-order valence-corrected chi connectivity index (χ2v) is 7.13. The molecular formula is C21H17BrN2O7. The quantitative estimate of drug-likeness (QED) is 0.377. The van der Waals surface area contributed by atoms with E-state index in [9.17, 15) is 19.2 Å². The van der Waals surface area contributed by atoms with Crippen LogP contribution in [0.3, 0.4) is 0 Å². The number of barbiturate groups is 1. The van der Waals surface area contributed by atoms with Crippen LogP contribution >= 0.6 is 15.9 Å². The van der Waals surface area contributed by atoms with Crippen LogP contribution in [0.2, 0.25) is 0 Å². The fraction of sp³-hybridized carbons (Fsp3) is 0.143. The Morgan fingerprint density at radius 2 is 1.77 bits per heavy atom. The third kappa shape index (κ3) is 4.92. The van der Waals surface area contributed by atoms with Gasteiger partial charge in [0.05, 0.1) is 19.9 Å². The van der Waals surface area contributed by atoms with E-state index in [0.29, 0.717) is 11.3 Å². The number of nitrogens with zero attached hydrogens (tertiary/aromatic N) is 1. The van der Waals surface area contributed by atoms with Gasteiger partial charge in [0.1, 0.15) is 5.57 Å². The van der Waals surface area contributed by atoms with Crippen molar-refractivity contribution in [2.45, 2.75) is 0 Å². The Balaban J connectivity index is 1.91.